The first-order chi connectivity index (χ1) is 7.85. The van der Waals surface area contributed by atoms with E-state index in [9.17, 15) is 0 Å². The normalized spacial score (nSPS) is 9.75. The lowest BCUT2D eigenvalue weighted by Gasteiger charge is -2.06. The zero-order valence-electron chi connectivity index (χ0n) is 8.92. The van der Waals surface area contributed by atoms with Gasteiger partial charge < -0.3 is 4.74 Å². The van der Waals surface area contributed by atoms with Crippen LogP contribution in [0.15, 0.2) is 36.5 Å². The molecule has 0 unspecified atom stereocenters. The topological polar surface area (TPSA) is 50.8 Å². The van der Waals surface area contributed by atoms with Crippen LogP contribution in [-0.4, -0.2) is 16.9 Å². The second kappa shape index (κ2) is 4.49. The van der Waals surface area contributed by atoms with Gasteiger partial charge in [0.05, 0.1) is 31.0 Å². The smallest absolute Gasteiger partial charge is 0.119 e. The summed E-state index contributed by atoms with van der Waals surface area (Å²) in [6.45, 7) is 0. The minimum absolute atomic E-state index is 0.353. The summed E-state index contributed by atoms with van der Waals surface area (Å²) < 4.78 is 6.83. The third-order valence-corrected chi connectivity index (χ3v) is 2.30. The van der Waals surface area contributed by atoms with E-state index in [-0.39, 0.29) is 0 Å². The summed E-state index contributed by atoms with van der Waals surface area (Å²) in [6, 6.07) is 11.5. The molecule has 0 bridgehead atoms. The molecule has 2 aromatic rings. The van der Waals surface area contributed by atoms with Crippen LogP contribution in [-0.2, 0) is 6.42 Å². The maximum atomic E-state index is 8.68. The maximum absolute atomic E-state index is 8.68. The molecule has 0 spiro atoms. The minimum atomic E-state index is 0.353. The van der Waals surface area contributed by atoms with Gasteiger partial charge in [0, 0.05) is 6.20 Å². The summed E-state index contributed by atoms with van der Waals surface area (Å²) >= 11 is 0. The maximum Gasteiger partial charge on any atom is 0.119 e. The zero-order valence-corrected chi connectivity index (χ0v) is 8.92. The molecule has 16 heavy (non-hydrogen) atoms. The fraction of sp³-hybridized carbons (Fsp3) is 0.167. The highest BCUT2D eigenvalue weighted by atomic mass is 16.5. The van der Waals surface area contributed by atoms with Gasteiger partial charge in [0.15, 0.2) is 0 Å². The van der Waals surface area contributed by atoms with E-state index in [0.717, 1.165) is 17.1 Å². The molecule has 80 valence electrons. The Morgan fingerprint density at radius 2 is 2.06 bits per heavy atom. The SMILES string of the molecule is COc1ccc(-n2nccc2CC#N)cc1. The molecule has 1 aromatic carbocycles. The van der Waals surface area contributed by atoms with Crippen molar-refractivity contribution in [2.75, 3.05) is 7.11 Å². The summed E-state index contributed by atoms with van der Waals surface area (Å²) in [5.74, 6) is 0.803. The Hall–Kier alpha value is -2.28. The van der Waals surface area contributed by atoms with Crippen LogP contribution in [0.4, 0.5) is 0 Å². The predicted molar refractivity (Wildman–Crippen MR) is 59.4 cm³/mol. The van der Waals surface area contributed by atoms with Crippen LogP contribution in [0.2, 0.25) is 0 Å². The molecule has 0 aliphatic rings. The number of nitrogens with zero attached hydrogens (tertiary/aromatic N) is 3. The molecule has 1 heterocycles. The van der Waals surface area contributed by atoms with Gasteiger partial charge in [0.25, 0.3) is 0 Å². The van der Waals surface area contributed by atoms with Crippen LogP contribution in [0.5, 0.6) is 5.75 Å². The Balaban J connectivity index is 2.35. The van der Waals surface area contributed by atoms with Crippen molar-refractivity contribution in [2.24, 2.45) is 0 Å². The molecule has 4 nitrogen and oxygen atoms in total. The van der Waals surface area contributed by atoms with Gasteiger partial charge in [-0.2, -0.15) is 10.4 Å². The summed E-state index contributed by atoms with van der Waals surface area (Å²) in [5.41, 5.74) is 1.81. The average Bonchev–Trinajstić information content (AvgIpc) is 2.78. The number of hydrogen-bond donors (Lipinski definition) is 0. The van der Waals surface area contributed by atoms with Crippen LogP contribution in [0.3, 0.4) is 0 Å². The molecule has 0 saturated heterocycles. The van der Waals surface area contributed by atoms with Crippen molar-refractivity contribution in [3.63, 3.8) is 0 Å². The molecule has 0 aliphatic carbocycles. The summed E-state index contributed by atoms with van der Waals surface area (Å²) in [5, 5.41) is 12.9. The molecular formula is C12H11N3O. The first-order valence-electron chi connectivity index (χ1n) is 4.89. The number of hydrogen-bond acceptors (Lipinski definition) is 3. The van der Waals surface area contributed by atoms with Crippen molar-refractivity contribution >= 4 is 0 Å². The van der Waals surface area contributed by atoms with Gasteiger partial charge in [-0.3, -0.25) is 0 Å². The molecular weight excluding hydrogens is 202 g/mol. The molecule has 1 aromatic heterocycles. The molecule has 0 radical (unpaired) electrons. The fourth-order valence-electron chi connectivity index (χ4n) is 1.50. The van der Waals surface area contributed by atoms with Gasteiger partial charge >= 0.3 is 0 Å². The predicted octanol–water partition coefficient (Wildman–Crippen LogP) is 1.95. The number of methoxy groups -OCH3 is 1. The molecule has 0 atom stereocenters. The number of rotatable bonds is 3. The van der Waals surface area contributed by atoms with E-state index in [1.165, 1.54) is 0 Å². The van der Waals surface area contributed by atoms with Gasteiger partial charge in [-0.05, 0) is 30.3 Å². The second-order valence-corrected chi connectivity index (χ2v) is 3.27. The van der Waals surface area contributed by atoms with Crippen molar-refractivity contribution in [3.8, 4) is 17.5 Å². The lowest BCUT2D eigenvalue weighted by Crippen LogP contribution is -2.01. The largest absolute Gasteiger partial charge is 0.497 e. The van der Waals surface area contributed by atoms with Gasteiger partial charge in [0.2, 0.25) is 0 Å². The van der Waals surface area contributed by atoms with Crippen LogP contribution < -0.4 is 4.74 Å². The van der Waals surface area contributed by atoms with E-state index in [1.807, 2.05) is 30.3 Å². The van der Waals surface area contributed by atoms with Crippen LogP contribution in [0, 0.1) is 11.3 Å². The van der Waals surface area contributed by atoms with Crippen molar-refractivity contribution in [1.82, 2.24) is 9.78 Å². The lowest BCUT2D eigenvalue weighted by molar-refractivity contribution is 0.414. The third-order valence-electron chi connectivity index (χ3n) is 2.30. The molecule has 0 N–H and O–H groups in total. The number of ether oxygens (including phenoxy) is 1. The monoisotopic (exact) mass is 213 g/mol. The van der Waals surface area contributed by atoms with Gasteiger partial charge in [-0.25, -0.2) is 4.68 Å². The van der Waals surface area contributed by atoms with Gasteiger partial charge in [0.1, 0.15) is 5.75 Å². The molecule has 0 amide bonds. The van der Waals surface area contributed by atoms with Crippen LogP contribution >= 0.6 is 0 Å². The van der Waals surface area contributed by atoms with Crippen molar-refractivity contribution in [2.45, 2.75) is 6.42 Å². The van der Waals surface area contributed by atoms with E-state index < -0.39 is 0 Å². The van der Waals surface area contributed by atoms with E-state index in [1.54, 1.807) is 18.0 Å². The molecule has 0 saturated carbocycles. The first-order valence-corrected chi connectivity index (χ1v) is 4.89. The highest BCUT2D eigenvalue weighted by Crippen LogP contribution is 2.15. The number of aromatic nitrogens is 2. The third kappa shape index (κ3) is 1.89. The first kappa shape index (κ1) is 10.2. The van der Waals surface area contributed by atoms with E-state index >= 15 is 0 Å². The number of nitriles is 1. The fourth-order valence-corrected chi connectivity index (χ4v) is 1.50. The summed E-state index contributed by atoms with van der Waals surface area (Å²) in [7, 11) is 1.63. The van der Waals surface area contributed by atoms with Gasteiger partial charge in [-0.1, -0.05) is 0 Å². The Kier molecular flexibility index (Phi) is 2.88. The van der Waals surface area contributed by atoms with Crippen molar-refractivity contribution < 1.29 is 4.74 Å². The highest BCUT2D eigenvalue weighted by molar-refractivity contribution is 5.38. The Labute approximate surface area is 93.7 Å². The molecule has 2 rings (SSSR count). The van der Waals surface area contributed by atoms with E-state index in [4.69, 9.17) is 10.00 Å². The van der Waals surface area contributed by atoms with Crippen molar-refractivity contribution in [3.05, 3.63) is 42.2 Å². The Bertz CT molecular complexity index is 508. The number of benzene rings is 1. The summed E-state index contributed by atoms with van der Waals surface area (Å²) in [6.07, 6.45) is 2.04. The van der Waals surface area contributed by atoms with Crippen LogP contribution in [0.25, 0.3) is 5.69 Å². The highest BCUT2D eigenvalue weighted by Gasteiger charge is 2.04. The molecule has 0 fully saturated rings. The van der Waals surface area contributed by atoms with Crippen molar-refractivity contribution in [1.29, 1.82) is 5.26 Å². The standard InChI is InChI=1S/C12H11N3O/c1-16-12-4-2-10(3-5-12)15-11(6-8-13)7-9-14-15/h2-5,7,9H,6H2,1H3. The Morgan fingerprint density at radius 1 is 1.31 bits per heavy atom. The van der Waals surface area contributed by atoms with E-state index in [2.05, 4.69) is 11.2 Å². The second-order valence-electron chi connectivity index (χ2n) is 3.27. The Morgan fingerprint density at radius 3 is 2.69 bits per heavy atom. The molecule has 0 aliphatic heterocycles. The quantitative estimate of drug-likeness (QED) is 0.783. The average molecular weight is 213 g/mol. The lowest BCUT2D eigenvalue weighted by atomic mass is 10.3. The van der Waals surface area contributed by atoms with Gasteiger partial charge in [-0.15, -0.1) is 0 Å². The zero-order chi connectivity index (χ0) is 11.4. The minimum Gasteiger partial charge on any atom is -0.497 e. The molecule has 4 heteroatoms. The van der Waals surface area contributed by atoms with E-state index in [0.29, 0.717) is 6.42 Å². The summed E-state index contributed by atoms with van der Waals surface area (Å²) in [4.78, 5) is 0. The van der Waals surface area contributed by atoms with Crippen LogP contribution in [0.1, 0.15) is 5.69 Å².